The third kappa shape index (κ3) is 3.55. The number of nitrogens with zero attached hydrogens (tertiary/aromatic N) is 1. The van der Waals surface area contributed by atoms with Gasteiger partial charge in [0.25, 0.3) is 16.7 Å². The maximum Gasteiger partial charge on any atom is 0.317 e. The lowest BCUT2D eigenvalue weighted by Crippen LogP contribution is -2.51. The fraction of sp³-hybridized carbons (Fsp3) is 0.0625. The van der Waals surface area contributed by atoms with Gasteiger partial charge in [-0.25, -0.2) is 4.84 Å². The Labute approximate surface area is 160 Å². The first-order valence-electron chi connectivity index (χ1n) is 7.18. The second-order valence-corrected chi connectivity index (χ2v) is 6.36. The zero-order chi connectivity index (χ0) is 18.8. The number of hydrogen-bond donors (Lipinski definition) is 2. The number of amides is 2. The van der Waals surface area contributed by atoms with E-state index in [2.05, 4.69) is 31.4 Å². The largest absolute Gasteiger partial charge is 0.457 e. The number of halogens is 1. The number of rotatable bonds is 4. The van der Waals surface area contributed by atoms with Gasteiger partial charge in [0.05, 0.1) is 4.91 Å². The van der Waals surface area contributed by atoms with Gasteiger partial charge < -0.3 is 4.42 Å². The monoisotopic (exact) mass is 436 g/mol. The first kappa shape index (κ1) is 18.0. The Balaban J connectivity index is 1.90. The highest BCUT2D eigenvalue weighted by molar-refractivity contribution is 9.10. The molecule has 1 aliphatic rings. The number of nitrogens with one attached hydrogen (secondary N) is 2. The van der Waals surface area contributed by atoms with E-state index >= 15 is 0 Å². The molecule has 0 bridgehead atoms. The van der Waals surface area contributed by atoms with Crippen molar-refractivity contribution in [2.45, 2.75) is 0 Å². The molecule has 0 unspecified atom stereocenters. The highest BCUT2D eigenvalue weighted by Gasteiger charge is 2.26. The summed E-state index contributed by atoms with van der Waals surface area (Å²) in [5.41, 5.74) is 0.876. The van der Waals surface area contributed by atoms with Crippen LogP contribution in [-0.4, -0.2) is 29.0 Å². The predicted molar refractivity (Wildman–Crippen MR) is 99.0 cm³/mol. The summed E-state index contributed by atoms with van der Waals surface area (Å²) in [5, 5.41) is 4.66. The molecule has 2 aromatic rings. The van der Waals surface area contributed by atoms with Crippen LogP contribution in [0, 0.1) is 4.91 Å². The maximum atomic E-state index is 11.9. The van der Waals surface area contributed by atoms with Crippen LogP contribution in [0.1, 0.15) is 5.76 Å². The van der Waals surface area contributed by atoms with Crippen molar-refractivity contribution in [3.8, 4) is 11.3 Å². The Morgan fingerprint density at radius 2 is 1.88 bits per heavy atom. The first-order valence-corrected chi connectivity index (χ1v) is 8.38. The fourth-order valence-electron chi connectivity index (χ4n) is 2.25. The molecule has 0 saturated carbocycles. The number of carbonyl (C=O) groups is 2. The topological polar surface area (TPSA) is 101 Å². The van der Waals surface area contributed by atoms with Crippen molar-refractivity contribution in [1.29, 1.82) is 0 Å². The molecule has 26 heavy (non-hydrogen) atoms. The van der Waals surface area contributed by atoms with Crippen LogP contribution in [-0.2, 0) is 14.4 Å². The average Bonchev–Trinajstić information content (AvgIpc) is 3.05. The molecule has 0 spiro atoms. The number of hydrogen-bond acceptors (Lipinski definition) is 6. The van der Waals surface area contributed by atoms with Crippen molar-refractivity contribution in [2.24, 2.45) is 0 Å². The molecule has 1 aromatic heterocycles. The van der Waals surface area contributed by atoms with E-state index in [-0.39, 0.29) is 10.7 Å². The van der Waals surface area contributed by atoms with E-state index in [4.69, 9.17) is 16.6 Å². The summed E-state index contributed by atoms with van der Waals surface area (Å²) in [5.74, 6) is -0.404. The zero-order valence-corrected chi connectivity index (χ0v) is 15.6. The molecule has 0 radical (unpaired) electrons. The summed E-state index contributed by atoms with van der Waals surface area (Å²) in [6, 6.07) is 8.12. The van der Waals surface area contributed by atoms with Gasteiger partial charge >= 0.3 is 5.69 Å². The maximum absolute atomic E-state index is 11.9. The summed E-state index contributed by atoms with van der Waals surface area (Å²) >= 11 is 8.12. The van der Waals surface area contributed by atoms with Gasteiger partial charge in [-0.15, -0.1) is 0 Å². The summed E-state index contributed by atoms with van der Waals surface area (Å²) in [6.07, 6.45) is 1.32. The molecule has 2 N–H and O–H groups in total. The van der Waals surface area contributed by atoms with E-state index in [0.29, 0.717) is 32.2 Å². The normalized spacial score (nSPS) is 13.9. The molecule has 1 aromatic carbocycles. The van der Waals surface area contributed by atoms with Gasteiger partial charge in [-0.3, -0.25) is 20.2 Å². The highest BCUT2D eigenvalue weighted by Crippen LogP contribution is 2.33. The van der Waals surface area contributed by atoms with Gasteiger partial charge in [0, 0.05) is 22.2 Å². The molecule has 132 valence electrons. The van der Waals surface area contributed by atoms with Crippen LogP contribution in [0.25, 0.3) is 17.4 Å². The number of carbonyl (C=O) groups excluding carboxylic acids is 2. The molecule has 1 fully saturated rings. The van der Waals surface area contributed by atoms with Crippen LogP contribution in [0.2, 0.25) is 0 Å². The van der Waals surface area contributed by atoms with Crippen molar-refractivity contribution < 1.29 is 23.8 Å². The summed E-state index contributed by atoms with van der Waals surface area (Å²) in [7, 11) is 1.27. The summed E-state index contributed by atoms with van der Waals surface area (Å²) in [4.78, 5) is 40.2. The SMILES string of the molecule is CO[N+](=O)c1ccc(-c2ccc(C=C3C(=O)NC(=S)NC3=O)o2)c(Br)c1. The van der Waals surface area contributed by atoms with Crippen LogP contribution < -0.4 is 10.6 Å². The standard InChI is InChI=1S/C16H10BrN3O5S/c1-24-20(23)8-2-4-10(12(17)6-8)13-5-3-9(25-13)7-11-14(21)18-16(26)19-15(11)22/h2-7H,1H3,(H-,18,19,21,22,26)/p+1. The Morgan fingerprint density at radius 1 is 1.19 bits per heavy atom. The minimum absolute atomic E-state index is 0.0372. The number of thiocarbonyl (C=S) groups is 1. The van der Waals surface area contributed by atoms with E-state index in [0.717, 1.165) is 0 Å². The molecular weight excluding hydrogens is 426 g/mol. The van der Waals surface area contributed by atoms with Gasteiger partial charge in [-0.05, 0) is 52.4 Å². The molecule has 3 rings (SSSR count). The van der Waals surface area contributed by atoms with Crippen molar-refractivity contribution in [3.05, 3.63) is 51.0 Å². The van der Waals surface area contributed by atoms with E-state index in [1.165, 1.54) is 13.2 Å². The van der Waals surface area contributed by atoms with Crippen LogP contribution in [0.3, 0.4) is 0 Å². The van der Waals surface area contributed by atoms with Gasteiger partial charge in [-0.1, -0.05) is 0 Å². The van der Waals surface area contributed by atoms with E-state index in [9.17, 15) is 14.5 Å². The second-order valence-electron chi connectivity index (χ2n) is 5.10. The third-order valence-electron chi connectivity index (χ3n) is 3.45. The molecule has 1 saturated heterocycles. The van der Waals surface area contributed by atoms with Crippen LogP contribution in [0.15, 0.2) is 44.8 Å². The molecule has 10 heteroatoms. The van der Waals surface area contributed by atoms with Crippen LogP contribution in [0.4, 0.5) is 5.69 Å². The summed E-state index contributed by atoms with van der Waals surface area (Å²) in [6.45, 7) is 0. The third-order valence-corrected chi connectivity index (χ3v) is 4.31. The lowest BCUT2D eigenvalue weighted by Gasteiger charge is -2.15. The van der Waals surface area contributed by atoms with Crippen molar-refractivity contribution in [2.75, 3.05) is 7.11 Å². The van der Waals surface area contributed by atoms with Crippen molar-refractivity contribution >= 4 is 56.8 Å². The number of benzene rings is 1. The Hall–Kier alpha value is -2.85. The lowest BCUT2D eigenvalue weighted by molar-refractivity contribution is -0.736. The number of furan rings is 1. The average molecular weight is 437 g/mol. The Morgan fingerprint density at radius 3 is 2.50 bits per heavy atom. The zero-order valence-electron chi connectivity index (χ0n) is 13.2. The van der Waals surface area contributed by atoms with E-state index in [1.54, 1.807) is 30.3 Å². The summed E-state index contributed by atoms with van der Waals surface area (Å²) < 4.78 is 6.29. The Bertz CT molecular complexity index is 960. The highest BCUT2D eigenvalue weighted by atomic mass is 79.9. The van der Waals surface area contributed by atoms with Crippen molar-refractivity contribution in [3.63, 3.8) is 0 Å². The molecule has 0 aliphatic carbocycles. The minimum Gasteiger partial charge on any atom is -0.457 e. The quantitative estimate of drug-likeness (QED) is 0.330. The fourth-order valence-corrected chi connectivity index (χ4v) is 2.99. The minimum atomic E-state index is -0.600. The van der Waals surface area contributed by atoms with Gasteiger partial charge in [0.2, 0.25) is 0 Å². The first-order chi connectivity index (χ1) is 12.4. The molecule has 1 aliphatic heterocycles. The molecule has 2 amide bonds. The molecule has 0 atom stereocenters. The van der Waals surface area contributed by atoms with Gasteiger partial charge in [-0.2, -0.15) is 0 Å². The lowest BCUT2D eigenvalue weighted by atomic mass is 10.1. The van der Waals surface area contributed by atoms with Gasteiger partial charge in [0.1, 0.15) is 17.1 Å². The predicted octanol–water partition coefficient (Wildman–Crippen LogP) is 2.60. The van der Waals surface area contributed by atoms with Crippen molar-refractivity contribution in [1.82, 2.24) is 10.6 Å². The second kappa shape index (κ2) is 7.18. The van der Waals surface area contributed by atoms with E-state index < -0.39 is 11.8 Å². The molecule has 2 heterocycles. The molecule has 8 nitrogen and oxygen atoms in total. The van der Waals surface area contributed by atoms with Crippen LogP contribution in [0.5, 0.6) is 0 Å². The smallest absolute Gasteiger partial charge is 0.317 e. The Kier molecular flexibility index (Phi) is 4.96. The van der Waals surface area contributed by atoms with Gasteiger partial charge in [0.15, 0.2) is 12.2 Å². The molecular formula is C16H11BrN3O5S+. The van der Waals surface area contributed by atoms with Crippen LogP contribution >= 0.6 is 28.1 Å². The van der Waals surface area contributed by atoms with E-state index in [1.807, 2.05) is 0 Å².